The molecule has 0 rings (SSSR count). The van der Waals surface area contributed by atoms with Gasteiger partial charge in [-0.05, 0) is 0 Å². The van der Waals surface area contributed by atoms with Crippen molar-refractivity contribution in [1.82, 2.24) is 5.32 Å². The largest absolute Gasteiger partial charge is 0.348 e. The Morgan fingerprint density at radius 1 is 2.00 bits per heavy atom. The highest BCUT2D eigenvalue weighted by atomic mass is 16.5. The van der Waals surface area contributed by atoms with Gasteiger partial charge in [0.1, 0.15) is 0 Å². The first-order chi connectivity index (χ1) is 3.31. The highest BCUT2D eigenvalue weighted by Gasteiger charge is 1.89. The van der Waals surface area contributed by atoms with E-state index in [4.69, 9.17) is 11.0 Å². The van der Waals surface area contributed by atoms with Gasteiger partial charge in [-0.25, -0.2) is 0 Å². The maximum Gasteiger partial charge on any atom is 0.189 e. The summed E-state index contributed by atoms with van der Waals surface area (Å²) in [7, 11) is 1.41. The molecule has 0 heterocycles. The quantitative estimate of drug-likeness (QED) is 0.264. The fraction of sp³-hybridized carbons (Fsp3) is 0.667. The number of methoxy groups -OCH3 is 1. The van der Waals surface area contributed by atoms with E-state index in [1.807, 2.05) is 0 Å². The molecule has 4 nitrogen and oxygen atoms in total. The minimum atomic E-state index is -0.662. The minimum absolute atomic E-state index is 0.662. The second-order valence-electron chi connectivity index (χ2n) is 0.912. The summed E-state index contributed by atoms with van der Waals surface area (Å²) in [6, 6.07) is 0. The fourth-order valence-corrected chi connectivity index (χ4v) is 0.123. The summed E-state index contributed by atoms with van der Waals surface area (Å²) in [6.45, 7) is 0. The van der Waals surface area contributed by atoms with E-state index in [1.165, 1.54) is 7.11 Å². The molecule has 0 aromatic carbocycles. The SMILES string of the molecule is COC(N)NC#N. The molecule has 0 saturated carbocycles. The lowest BCUT2D eigenvalue weighted by atomic mass is 10.9. The van der Waals surface area contributed by atoms with Gasteiger partial charge in [0.2, 0.25) is 0 Å². The summed E-state index contributed by atoms with van der Waals surface area (Å²) in [6.07, 6.45) is 0.956. The number of rotatable bonds is 2. The van der Waals surface area contributed by atoms with Crippen LogP contribution in [0.3, 0.4) is 0 Å². The maximum absolute atomic E-state index is 7.85. The van der Waals surface area contributed by atoms with Crippen molar-refractivity contribution < 1.29 is 4.74 Å². The molecule has 4 heteroatoms. The Morgan fingerprint density at radius 3 is 2.71 bits per heavy atom. The molecular formula is C3H7N3O. The molecule has 40 valence electrons. The van der Waals surface area contributed by atoms with Crippen LogP contribution in [0.1, 0.15) is 0 Å². The average Bonchev–Trinajstić information content (AvgIpc) is 1.68. The third kappa shape index (κ3) is 3.03. The third-order valence-corrected chi connectivity index (χ3v) is 0.461. The van der Waals surface area contributed by atoms with Crippen molar-refractivity contribution >= 4 is 0 Å². The molecule has 0 aliphatic rings. The lowest BCUT2D eigenvalue weighted by molar-refractivity contribution is 0.0935. The first-order valence-electron chi connectivity index (χ1n) is 1.74. The van der Waals surface area contributed by atoms with Crippen molar-refractivity contribution in [2.45, 2.75) is 6.35 Å². The molecule has 0 radical (unpaired) electrons. The van der Waals surface area contributed by atoms with Crippen LogP contribution in [0.25, 0.3) is 0 Å². The molecule has 3 N–H and O–H groups in total. The lowest BCUT2D eigenvalue weighted by Gasteiger charge is -2.02. The summed E-state index contributed by atoms with van der Waals surface area (Å²) in [5, 5.41) is 10.0. The van der Waals surface area contributed by atoms with Gasteiger partial charge in [-0.1, -0.05) is 0 Å². The van der Waals surface area contributed by atoms with Gasteiger partial charge >= 0.3 is 0 Å². The van der Waals surface area contributed by atoms with Crippen LogP contribution >= 0.6 is 0 Å². The van der Waals surface area contributed by atoms with E-state index in [0.29, 0.717) is 0 Å². The number of hydrogen-bond donors (Lipinski definition) is 2. The van der Waals surface area contributed by atoms with E-state index in [2.05, 4.69) is 10.1 Å². The van der Waals surface area contributed by atoms with E-state index >= 15 is 0 Å². The smallest absolute Gasteiger partial charge is 0.189 e. The number of ether oxygens (including phenoxy) is 1. The zero-order chi connectivity index (χ0) is 5.70. The van der Waals surface area contributed by atoms with Gasteiger partial charge in [0.25, 0.3) is 0 Å². The summed E-state index contributed by atoms with van der Waals surface area (Å²) in [4.78, 5) is 0. The van der Waals surface area contributed by atoms with Gasteiger partial charge in [-0.15, -0.1) is 0 Å². The van der Waals surface area contributed by atoms with E-state index in [0.717, 1.165) is 0 Å². The molecule has 0 aromatic heterocycles. The minimum Gasteiger partial charge on any atom is -0.348 e. The Kier molecular flexibility index (Phi) is 3.02. The highest BCUT2D eigenvalue weighted by molar-refractivity contribution is 4.63. The topological polar surface area (TPSA) is 71.1 Å². The lowest BCUT2D eigenvalue weighted by Crippen LogP contribution is -2.35. The van der Waals surface area contributed by atoms with Gasteiger partial charge in [0.05, 0.1) is 0 Å². The molecule has 7 heavy (non-hydrogen) atoms. The first kappa shape index (κ1) is 6.21. The van der Waals surface area contributed by atoms with Crippen molar-refractivity contribution in [3.63, 3.8) is 0 Å². The van der Waals surface area contributed by atoms with E-state index in [9.17, 15) is 0 Å². The molecule has 0 bridgehead atoms. The first-order valence-corrected chi connectivity index (χ1v) is 1.74. The maximum atomic E-state index is 7.85. The Bertz CT molecular complexity index is 76.7. The van der Waals surface area contributed by atoms with Crippen molar-refractivity contribution in [3.05, 3.63) is 0 Å². The third-order valence-electron chi connectivity index (χ3n) is 0.461. The Hall–Kier alpha value is -0.790. The van der Waals surface area contributed by atoms with Crippen molar-refractivity contribution in [1.29, 1.82) is 5.26 Å². The van der Waals surface area contributed by atoms with Crippen LogP contribution in [0, 0.1) is 11.5 Å². The molecule has 0 amide bonds. The molecule has 1 atom stereocenters. The van der Waals surface area contributed by atoms with Gasteiger partial charge in [0.15, 0.2) is 12.5 Å². The van der Waals surface area contributed by atoms with Crippen molar-refractivity contribution in [3.8, 4) is 6.19 Å². The Morgan fingerprint density at radius 2 is 2.57 bits per heavy atom. The molecular weight excluding hydrogens is 94.1 g/mol. The number of hydrogen-bond acceptors (Lipinski definition) is 4. The number of nitrogens with two attached hydrogens (primary N) is 1. The van der Waals surface area contributed by atoms with E-state index in [-0.39, 0.29) is 0 Å². The van der Waals surface area contributed by atoms with Crippen LogP contribution in [0.2, 0.25) is 0 Å². The molecule has 0 spiro atoms. The zero-order valence-electron chi connectivity index (χ0n) is 4.01. The van der Waals surface area contributed by atoms with Crippen molar-refractivity contribution in [2.75, 3.05) is 7.11 Å². The molecule has 1 unspecified atom stereocenters. The van der Waals surface area contributed by atoms with E-state index < -0.39 is 6.35 Å². The molecule has 0 saturated heterocycles. The van der Waals surface area contributed by atoms with Gasteiger partial charge in [-0.3, -0.25) is 11.1 Å². The fourth-order valence-electron chi connectivity index (χ4n) is 0.123. The summed E-state index contributed by atoms with van der Waals surface area (Å²) >= 11 is 0. The van der Waals surface area contributed by atoms with Crippen LogP contribution in [-0.2, 0) is 4.74 Å². The second kappa shape index (κ2) is 3.40. The summed E-state index contributed by atoms with van der Waals surface area (Å²) in [5.41, 5.74) is 5.03. The number of nitrogens with one attached hydrogen (secondary N) is 1. The number of nitriles is 1. The van der Waals surface area contributed by atoms with Gasteiger partial charge < -0.3 is 4.74 Å². The highest BCUT2D eigenvalue weighted by Crippen LogP contribution is 1.64. The second-order valence-corrected chi connectivity index (χ2v) is 0.912. The van der Waals surface area contributed by atoms with Gasteiger partial charge in [-0.2, -0.15) is 5.26 Å². The summed E-state index contributed by atoms with van der Waals surface area (Å²) in [5.74, 6) is 0. The zero-order valence-corrected chi connectivity index (χ0v) is 4.01. The Labute approximate surface area is 41.9 Å². The van der Waals surface area contributed by atoms with Crippen molar-refractivity contribution in [2.24, 2.45) is 5.73 Å². The molecule has 0 fully saturated rings. The summed E-state index contributed by atoms with van der Waals surface area (Å²) < 4.78 is 4.43. The van der Waals surface area contributed by atoms with E-state index in [1.54, 1.807) is 6.19 Å². The van der Waals surface area contributed by atoms with Gasteiger partial charge in [0, 0.05) is 7.11 Å². The molecule has 0 aliphatic heterocycles. The van der Waals surface area contributed by atoms with Crippen LogP contribution in [0.5, 0.6) is 0 Å². The standard InChI is InChI=1S/C3H7N3O/c1-7-3(5)6-2-4/h3,6H,5H2,1H3. The van der Waals surface area contributed by atoms with Crippen LogP contribution in [0.4, 0.5) is 0 Å². The monoisotopic (exact) mass is 101 g/mol. The number of nitrogens with zero attached hydrogens (tertiary/aromatic N) is 1. The molecule has 0 aliphatic carbocycles. The average molecular weight is 101 g/mol. The van der Waals surface area contributed by atoms with Crippen LogP contribution in [-0.4, -0.2) is 13.5 Å². The normalized spacial score (nSPS) is 12.1. The Balaban J connectivity index is 3.03. The van der Waals surface area contributed by atoms with Crippen LogP contribution in [0.15, 0.2) is 0 Å². The predicted molar refractivity (Wildman–Crippen MR) is 23.7 cm³/mol. The van der Waals surface area contributed by atoms with Crippen LogP contribution < -0.4 is 11.1 Å². The molecule has 0 aromatic rings. The predicted octanol–water partition coefficient (Wildman–Crippen LogP) is -1.05.